The van der Waals surface area contributed by atoms with E-state index >= 15 is 0 Å². The number of hydrogen-bond donors (Lipinski definition) is 0. The van der Waals surface area contributed by atoms with Crippen molar-refractivity contribution in [1.29, 1.82) is 0 Å². The highest BCUT2D eigenvalue weighted by molar-refractivity contribution is 6.23. The van der Waals surface area contributed by atoms with E-state index in [-0.39, 0.29) is 43.1 Å². The molecule has 1 fully saturated rings. The first-order chi connectivity index (χ1) is 11.0. The Balaban J connectivity index is 1.98. The van der Waals surface area contributed by atoms with Crippen molar-refractivity contribution in [2.75, 3.05) is 25.2 Å². The van der Waals surface area contributed by atoms with Gasteiger partial charge in [-0.1, -0.05) is 6.07 Å². The summed E-state index contributed by atoms with van der Waals surface area (Å²) in [5.74, 6) is -1.12. The van der Waals surface area contributed by atoms with Crippen LogP contribution in [0.2, 0.25) is 0 Å². The molecule has 23 heavy (non-hydrogen) atoms. The summed E-state index contributed by atoms with van der Waals surface area (Å²) in [4.78, 5) is 52.1. The molecule has 1 aromatic carbocycles. The molecule has 0 radical (unpaired) electrons. The zero-order valence-corrected chi connectivity index (χ0v) is 13.0. The van der Waals surface area contributed by atoms with Crippen molar-refractivity contribution < 1.29 is 19.2 Å². The van der Waals surface area contributed by atoms with Crippen molar-refractivity contribution in [2.24, 2.45) is 0 Å². The van der Waals surface area contributed by atoms with E-state index in [1.165, 1.54) is 11.9 Å². The number of fused-ring (bicyclic) bond motifs is 1. The smallest absolute Gasteiger partial charge is 0.263 e. The first-order valence-electron chi connectivity index (χ1n) is 7.49. The number of nitrogens with zero attached hydrogens (tertiary/aromatic N) is 3. The number of carbonyl (C=O) groups is 4. The SMILES string of the molecule is CCN(CN1C(=O)CCC1=O)c1cccc2c1C(=O)N(C)C2=O. The fourth-order valence-corrected chi connectivity index (χ4v) is 2.95. The molecule has 0 atom stereocenters. The summed E-state index contributed by atoms with van der Waals surface area (Å²) < 4.78 is 0. The molecular weight excluding hydrogens is 298 g/mol. The molecular formula is C16H17N3O4. The van der Waals surface area contributed by atoms with Crippen LogP contribution in [0.15, 0.2) is 18.2 Å². The molecule has 3 rings (SSSR count). The number of imide groups is 2. The molecule has 2 heterocycles. The Morgan fingerprint density at radius 3 is 2.30 bits per heavy atom. The lowest BCUT2D eigenvalue weighted by Gasteiger charge is -2.28. The molecule has 7 heteroatoms. The maximum Gasteiger partial charge on any atom is 0.263 e. The summed E-state index contributed by atoms with van der Waals surface area (Å²) in [6, 6.07) is 5.05. The summed E-state index contributed by atoms with van der Waals surface area (Å²) in [5, 5.41) is 0. The van der Waals surface area contributed by atoms with E-state index in [2.05, 4.69) is 0 Å². The second-order valence-corrected chi connectivity index (χ2v) is 5.58. The Morgan fingerprint density at radius 2 is 1.70 bits per heavy atom. The highest BCUT2D eigenvalue weighted by Crippen LogP contribution is 2.31. The minimum Gasteiger partial charge on any atom is -0.353 e. The first-order valence-corrected chi connectivity index (χ1v) is 7.49. The van der Waals surface area contributed by atoms with Crippen LogP contribution in [0.5, 0.6) is 0 Å². The molecule has 4 amide bonds. The zero-order valence-electron chi connectivity index (χ0n) is 13.0. The molecule has 7 nitrogen and oxygen atoms in total. The molecule has 0 aromatic heterocycles. The molecule has 0 bridgehead atoms. The average molecular weight is 315 g/mol. The highest BCUT2D eigenvalue weighted by atomic mass is 16.2. The number of anilines is 1. The van der Waals surface area contributed by atoms with Crippen LogP contribution in [0.1, 0.15) is 40.5 Å². The lowest BCUT2D eigenvalue weighted by Crippen LogP contribution is -2.41. The standard InChI is InChI=1S/C16H17N3O4/c1-3-18(9-19-12(20)7-8-13(19)21)11-6-4-5-10-14(11)16(23)17(2)15(10)22/h4-6H,3,7-9H2,1-2H3. The van der Waals surface area contributed by atoms with Crippen molar-refractivity contribution in [2.45, 2.75) is 19.8 Å². The molecule has 0 spiro atoms. The quantitative estimate of drug-likeness (QED) is 0.770. The highest BCUT2D eigenvalue weighted by Gasteiger charge is 2.37. The van der Waals surface area contributed by atoms with E-state index in [1.807, 2.05) is 6.92 Å². The number of likely N-dealkylation sites (tertiary alicyclic amines) is 1. The second kappa shape index (κ2) is 5.49. The van der Waals surface area contributed by atoms with E-state index in [4.69, 9.17) is 0 Å². The molecule has 0 unspecified atom stereocenters. The van der Waals surface area contributed by atoms with Gasteiger partial charge in [-0.3, -0.25) is 29.0 Å². The van der Waals surface area contributed by atoms with Gasteiger partial charge in [-0.15, -0.1) is 0 Å². The number of hydrogen-bond acceptors (Lipinski definition) is 5. The summed E-state index contributed by atoms with van der Waals surface area (Å²) in [6.07, 6.45) is 0.451. The van der Waals surface area contributed by atoms with Crippen LogP contribution in [0.4, 0.5) is 5.69 Å². The van der Waals surface area contributed by atoms with Crippen LogP contribution in [-0.2, 0) is 9.59 Å². The molecule has 1 saturated heterocycles. The Hall–Kier alpha value is -2.70. The van der Waals surface area contributed by atoms with Crippen LogP contribution in [-0.4, -0.2) is 53.7 Å². The molecule has 0 saturated carbocycles. The molecule has 2 aliphatic heterocycles. The Kier molecular flexibility index (Phi) is 3.63. The molecule has 120 valence electrons. The van der Waals surface area contributed by atoms with Crippen LogP contribution in [0.3, 0.4) is 0 Å². The third kappa shape index (κ3) is 2.28. The summed E-state index contributed by atoms with van der Waals surface area (Å²) >= 11 is 0. The average Bonchev–Trinajstić information content (AvgIpc) is 2.98. The third-order valence-electron chi connectivity index (χ3n) is 4.29. The zero-order chi connectivity index (χ0) is 16.7. The van der Waals surface area contributed by atoms with E-state index in [0.29, 0.717) is 23.4 Å². The van der Waals surface area contributed by atoms with Gasteiger partial charge in [-0.25, -0.2) is 0 Å². The van der Waals surface area contributed by atoms with Gasteiger partial charge >= 0.3 is 0 Å². The Labute approximate surface area is 133 Å². The van der Waals surface area contributed by atoms with Gasteiger partial charge in [-0.05, 0) is 19.1 Å². The summed E-state index contributed by atoms with van der Waals surface area (Å²) in [5.41, 5.74) is 1.26. The number of rotatable bonds is 4. The maximum absolute atomic E-state index is 12.3. The molecule has 0 N–H and O–H groups in total. The second-order valence-electron chi connectivity index (χ2n) is 5.58. The Morgan fingerprint density at radius 1 is 1.04 bits per heavy atom. The molecule has 0 aliphatic carbocycles. The van der Waals surface area contributed by atoms with Gasteiger partial charge in [0, 0.05) is 26.4 Å². The topological polar surface area (TPSA) is 78.0 Å². The van der Waals surface area contributed by atoms with Gasteiger partial charge < -0.3 is 4.90 Å². The van der Waals surface area contributed by atoms with Gasteiger partial charge in [-0.2, -0.15) is 0 Å². The Bertz CT molecular complexity index is 712. The lowest BCUT2D eigenvalue weighted by molar-refractivity contribution is -0.138. The number of amides is 4. The van der Waals surface area contributed by atoms with E-state index < -0.39 is 0 Å². The van der Waals surface area contributed by atoms with Crippen molar-refractivity contribution in [3.8, 4) is 0 Å². The van der Waals surface area contributed by atoms with E-state index in [0.717, 1.165) is 4.90 Å². The normalized spacial score (nSPS) is 17.3. The van der Waals surface area contributed by atoms with Crippen molar-refractivity contribution in [3.05, 3.63) is 29.3 Å². The number of carbonyl (C=O) groups excluding carboxylic acids is 4. The van der Waals surface area contributed by atoms with Crippen LogP contribution >= 0.6 is 0 Å². The largest absolute Gasteiger partial charge is 0.353 e. The lowest BCUT2D eigenvalue weighted by atomic mass is 10.1. The summed E-state index contributed by atoms with van der Waals surface area (Å²) in [6.45, 7) is 2.46. The predicted molar refractivity (Wildman–Crippen MR) is 81.8 cm³/mol. The monoisotopic (exact) mass is 315 g/mol. The van der Waals surface area contributed by atoms with Crippen molar-refractivity contribution >= 4 is 29.3 Å². The first kappa shape index (κ1) is 15.2. The van der Waals surface area contributed by atoms with Crippen LogP contribution < -0.4 is 4.90 Å². The van der Waals surface area contributed by atoms with Gasteiger partial charge in [0.05, 0.1) is 16.8 Å². The van der Waals surface area contributed by atoms with Crippen molar-refractivity contribution in [1.82, 2.24) is 9.80 Å². The molecule has 2 aliphatic rings. The summed E-state index contributed by atoms with van der Waals surface area (Å²) in [7, 11) is 1.44. The van der Waals surface area contributed by atoms with Gasteiger partial charge in [0.15, 0.2) is 0 Å². The minimum absolute atomic E-state index is 0.0931. The van der Waals surface area contributed by atoms with Crippen molar-refractivity contribution in [3.63, 3.8) is 0 Å². The fourth-order valence-electron chi connectivity index (χ4n) is 2.95. The number of benzene rings is 1. The third-order valence-corrected chi connectivity index (χ3v) is 4.29. The fraction of sp³-hybridized carbons (Fsp3) is 0.375. The van der Waals surface area contributed by atoms with E-state index in [1.54, 1.807) is 23.1 Å². The van der Waals surface area contributed by atoms with Gasteiger partial charge in [0.2, 0.25) is 11.8 Å². The van der Waals surface area contributed by atoms with Gasteiger partial charge in [0.25, 0.3) is 11.8 Å². The predicted octanol–water partition coefficient (Wildman–Crippen LogP) is 0.845. The van der Waals surface area contributed by atoms with Crippen LogP contribution in [0.25, 0.3) is 0 Å². The minimum atomic E-state index is -0.363. The van der Waals surface area contributed by atoms with E-state index in [9.17, 15) is 19.2 Å². The van der Waals surface area contributed by atoms with Crippen LogP contribution in [0, 0.1) is 0 Å². The van der Waals surface area contributed by atoms with Gasteiger partial charge in [0.1, 0.15) is 6.67 Å². The molecule has 1 aromatic rings. The maximum atomic E-state index is 12.3.